The van der Waals surface area contributed by atoms with Crippen LogP contribution in [0.4, 0.5) is 0 Å². The fourth-order valence-electron chi connectivity index (χ4n) is 6.49. The molecule has 0 radical (unpaired) electrons. The number of fused-ring (bicyclic) bond motifs is 4. The predicted octanol–water partition coefficient (Wildman–Crippen LogP) is 3.03. The summed E-state index contributed by atoms with van der Waals surface area (Å²) in [6, 6.07) is 0. The van der Waals surface area contributed by atoms with E-state index in [0.29, 0.717) is 23.7 Å². The fourth-order valence-corrected chi connectivity index (χ4v) is 6.49. The van der Waals surface area contributed by atoms with Crippen molar-refractivity contribution >= 4 is 11.9 Å². The summed E-state index contributed by atoms with van der Waals surface area (Å²) in [5.41, 5.74) is -0.461. The largest absolute Gasteiger partial charge is 0.460 e. The Kier molecular flexibility index (Phi) is 4.91. The Hall–Kier alpha value is -1.62. The maximum atomic E-state index is 12.4. The molecule has 4 aliphatic rings. The van der Waals surface area contributed by atoms with Gasteiger partial charge in [0.25, 0.3) is 0 Å². The lowest BCUT2D eigenvalue weighted by atomic mass is 9.71. The number of hydrogen-bond acceptors (Lipinski definition) is 5. The molecule has 1 N–H and O–H groups in total. The molecule has 4 aliphatic carbocycles. The Morgan fingerprint density at radius 1 is 1.04 bits per heavy atom. The highest BCUT2D eigenvalue weighted by molar-refractivity contribution is 5.77. The van der Waals surface area contributed by atoms with Crippen molar-refractivity contribution in [2.45, 2.75) is 57.2 Å². The van der Waals surface area contributed by atoms with Crippen LogP contribution in [0.1, 0.15) is 44.9 Å². The minimum absolute atomic E-state index is 0.0478. The number of aliphatic hydroxyl groups excluding tert-OH is 1. The highest BCUT2D eigenvalue weighted by atomic mass is 16.6. The van der Waals surface area contributed by atoms with Crippen LogP contribution >= 0.6 is 0 Å². The van der Waals surface area contributed by atoms with Gasteiger partial charge in [0.2, 0.25) is 0 Å². The first-order valence-electron chi connectivity index (χ1n) is 10.2. The molecule has 8 atom stereocenters. The van der Waals surface area contributed by atoms with E-state index in [1.807, 2.05) is 12.2 Å². The highest BCUT2D eigenvalue weighted by Crippen LogP contribution is 2.60. The lowest BCUT2D eigenvalue weighted by Crippen LogP contribution is -2.39. The summed E-state index contributed by atoms with van der Waals surface area (Å²) in [7, 11) is 0. The molecular weight excluding hydrogens is 344 g/mol. The smallest absolute Gasteiger partial charge is 0.344 e. The van der Waals surface area contributed by atoms with Crippen molar-refractivity contribution in [2.24, 2.45) is 35.0 Å². The third-order valence-corrected chi connectivity index (χ3v) is 7.76. The van der Waals surface area contributed by atoms with Crippen LogP contribution < -0.4 is 0 Å². The van der Waals surface area contributed by atoms with Gasteiger partial charge in [-0.05, 0) is 68.1 Å². The number of esters is 2. The fraction of sp³-hybridized carbons (Fsp3) is 0.727. The minimum atomic E-state index is -0.495. The second-order valence-electron chi connectivity index (χ2n) is 9.13. The van der Waals surface area contributed by atoms with E-state index in [1.54, 1.807) is 0 Å². The lowest BCUT2D eigenvalue weighted by molar-refractivity contribution is -0.166. The molecule has 4 bridgehead atoms. The Morgan fingerprint density at radius 2 is 1.85 bits per heavy atom. The summed E-state index contributed by atoms with van der Waals surface area (Å²) in [5, 5.41) is 10.4. The maximum Gasteiger partial charge on any atom is 0.344 e. The van der Waals surface area contributed by atoms with Crippen LogP contribution in [0.15, 0.2) is 25.3 Å². The molecule has 4 rings (SSSR count). The van der Waals surface area contributed by atoms with Gasteiger partial charge in [0.05, 0.1) is 12.5 Å². The molecule has 5 nitrogen and oxygen atoms in total. The molecule has 0 aromatic carbocycles. The molecule has 148 valence electrons. The SMILES string of the molecule is C=CC1CC2CC1CC2OC(=O)COC(=O)CC12CC(CC1O)CC2C=C. The first kappa shape index (κ1) is 18.7. The molecule has 0 spiro atoms. The number of hydrogen-bond donors (Lipinski definition) is 1. The average molecular weight is 374 g/mol. The number of carbonyl (C=O) groups is 2. The third kappa shape index (κ3) is 3.24. The van der Waals surface area contributed by atoms with E-state index in [-0.39, 0.29) is 25.0 Å². The van der Waals surface area contributed by atoms with Gasteiger partial charge in [0.1, 0.15) is 6.10 Å². The van der Waals surface area contributed by atoms with Gasteiger partial charge in [-0.2, -0.15) is 0 Å². The van der Waals surface area contributed by atoms with Crippen molar-refractivity contribution in [1.29, 1.82) is 0 Å². The summed E-state index contributed by atoms with van der Waals surface area (Å²) >= 11 is 0. The highest BCUT2D eigenvalue weighted by Gasteiger charge is 2.57. The van der Waals surface area contributed by atoms with Gasteiger partial charge in [0.15, 0.2) is 6.61 Å². The van der Waals surface area contributed by atoms with Gasteiger partial charge in [-0.25, -0.2) is 4.79 Å². The van der Waals surface area contributed by atoms with E-state index < -0.39 is 23.5 Å². The Bertz CT molecular complexity index is 643. The number of aliphatic hydroxyl groups is 1. The Balaban J connectivity index is 1.25. The zero-order chi connectivity index (χ0) is 19.2. The van der Waals surface area contributed by atoms with Gasteiger partial charge < -0.3 is 14.6 Å². The van der Waals surface area contributed by atoms with Crippen LogP contribution in [0.25, 0.3) is 0 Å². The topological polar surface area (TPSA) is 72.8 Å². The minimum Gasteiger partial charge on any atom is -0.460 e. The Morgan fingerprint density at radius 3 is 2.48 bits per heavy atom. The number of allylic oxidation sites excluding steroid dienone is 2. The van der Waals surface area contributed by atoms with E-state index in [2.05, 4.69) is 13.2 Å². The first-order valence-corrected chi connectivity index (χ1v) is 10.2. The van der Waals surface area contributed by atoms with Crippen LogP contribution in [-0.2, 0) is 19.1 Å². The van der Waals surface area contributed by atoms with Gasteiger partial charge in [-0.3, -0.25) is 4.79 Å². The molecular formula is C22H30O5. The molecule has 8 unspecified atom stereocenters. The van der Waals surface area contributed by atoms with Crippen molar-refractivity contribution in [2.75, 3.05) is 6.61 Å². The van der Waals surface area contributed by atoms with Crippen LogP contribution in [0.5, 0.6) is 0 Å². The molecule has 0 aliphatic heterocycles. The third-order valence-electron chi connectivity index (χ3n) is 7.76. The van der Waals surface area contributed by atoms with Crippen LogP contribution in [0.3, 0.4) is 0 Å². The quantitative estimate of drug-likeness (QED) is 0.548. The van der Waals surface area contributed by atoms with E-state index in [0.717, 1.165) is 38.5 Å². The van der Waals surface area contributed by atoms with Gasteiger partial charge in [-0.1, -0.05) is 12.2 Å². The normalized spacial score (nSPS) is 44.3. The molecule has 4 fully saturated rings. The van der Waals surface area contributed by atoms with E-state index >= 15 is 0 Å². The number of carbonyl (C=O) groups excluding carboxylic acids is 2. The zero-order valence-electron chi connectivity index (χ0n) is 15.8. The molecule has 5 heteroatoms. The van der Waals surface area contributed by atoms with Crippen molar-refractivity contribution < 1.29 is 24.2 Å². The number of ether oxygens (including phenoxy) is 2. The van der Waals surface area contributed by atoms with Gasteiger partial charge in [-0.15, -0.1) is 13.2 Å². The lowest BCUT2D eigenvalue weighted by Gasteiger charge is -2.36. The molecule has 0 aromatic heterocycles. The summed E-state index contributed by atoms with van der Waals surface area (Å²) in [4.78, 5) is 24.5. The average Bonchev–Trinajstić information content (AvgIpc) is 3.37. The van der Waals surface area contributed by atoms with Crippen molar-refractivity contribution in [3.8, 4) is 0 Å². The second-order valence-corrected chi connectivity index (χ2v) is 9.13. The Labute approximate surface area is 160 Å². The summed E-state index contributed by atoms with van der Waals surface area (Å²) in [6.07, 6.45) is 9.05. The standard InChI is InChI=1S/C22H30O5/c1-3-14-7-16-8-15(14)9-18(16)27-21(25)12-26-20(24)11-22-10-13(6-19(22)23)5-17(22)4-2/h3-4,13-19,23H,1-2,5-12H2. The molecule has 0 aromatic rings. The van der Waals surface area contributed by atoms with Gasteiger partial charge in [0, 0.05) is 5.41 Å². The van der Waals surface area contributed by atoms with E-state index in [4.69, 9.17) is 9.47 Å². The predicted molar refractivity (Wildman–Crippen MR) is 99.4 cm³/mol. The summed E-state index contributed by atoms with van der Waals surface area (Å²) < 4.78 is 10.8. The molecule has 0 heterocycles. The molecule has 27 heavy (non-hydrogen) atoms. The molecule has 0 saturated heterocycles. The summed E-state index contributed by atoms with van der Waals surface area (Å²) in [5.74, 6) is 1.23. The number of rotatable bonds is 7. The molecule has 4 saturated carbocycles. The maximum absolute atomic E-state index is 12.4. The van der Waals surface area contributed by atoms with Gasteiger partial charge >= 0.3 is 11.9 Å². The van der Waals surface area contributed by atoms with Crippen molar-refractivity contribution in [1.82, 2.24) is 0 Å². The summed E-state index contributed by atoms with van der Waals surface area (Å²) in [6.45, 7) is 7.41. The van der Waals surface area contributed by atoms with Crippen molar-refractivity contribution in [3.05, 3.63) is 25.3 Å². The molecule has 0 amide bonds. The van der Waals surface area contributed by atoms with E-state index in [9.17, 15) is 14.7 Å². The monoisotopic (exact) mass is 374 g/mol. The second kappa shape index (κ2) is 7.08. The van der Waals surface area contributed by atoms with Crippen LogP contribution in [-0.4, -0.2) is 35.9 Å². The van der Waals surface area contributed by atoms with Crippen LogP contribution in [0.2, 0.25) is 0 Å². The van der Waals surface area contributed by atoms with Crippen molar-refractivity contribution in [3.63, 3.8) is 0 Å². The van der Waals surface area contributed by atoms with E-state index in [1.165, 1.54) is 0 Å². The first-order chi connectivity index (χ1) is 12.9. The van der Waals surface area contributed by atoms with Crippen LogP contribution in [0, 0.1) is 35.0 Å². The zero-order valence-corrected chi connectivity index (χ0v) is 15.8.